The van der Waals surface area contributed by atoms with Crippen LogP contribution in [0.3, 0.4) is 0 Å². The maximum Gasteiger partial charge on any atom is 0.343 e. The van der Waals surface area contributed by atoms with Gasteiger partial charge in [0, 0.05) is 54.9 Å². The number of pyridine rings is 1. The van der Waals surface area contributed by atoms with E-state index in [9.17, 15) is 4.79 Å². The number of rotatable bonds is 7. The third-order valence-corrected chi connectivity index (χ3v) is 4.75. The summed E-state index contributed by atoms with van der Waals surface area (Å²) in [6.45, 7) is 9.17. The maximum atomic E-state index is 12.4. The Balaban J connectivity index is 1.95. The molecule has 0 spiro atoms. The number of benzene rings is 1. The number of hydrogen-bond donors (Lipinski definition) is 0. The summed E-state index contributed by atoms with van der Waals surface area (Å²) < 4.78 is 7.77. The summed E-state index contributed by atoms with van der Waals surface area (Å²) in [6, 6.07) is 14.0. The molecule has 0 fully saturated rings. The average Bonchev–Trinajstić information content (AvgIpc) is 2.68. The number of nitrogens with zero attached hydrogens (tertiary/aromatic N) is 2. The Labute approximate surface area is 160 Å². The van der Waals surface area contributed by atoms with E-state index in [1.54, 1.807) is 0 Å². The van der Waals surface area contributed by atoms with E-state index in [0.717, 1.165) is 42.8 Å². The molecule has 3 aromatic rings. The molecule has 0 saturated carbocycles. The monoisotopic (exact) mass is 363 g/mol. The van der Waals surface area contributed by atoms with Gasteiger partial charge in [-0.2, -0.15) is 4.57 Å². The second kappa shape index (κ2) is 8.67. The van der Waals surface area contributed by atoms with E-state index in [4.69, 9.17) is 4.42 Å². The van der Waals surface area contributed by atoms with Gasteiger partial charge in [-0.3, -0.25) is 0 Å². The largest absolute Gasteiger partial charge is 0.422 e. The van der Waals surface area contributed by atoms with Crippen LogP contribution in [-0.2, 0) is 6.54 Å². The second-order valence-electron chi connectivity index (χ2n) is 6.54. The lowest BCUT2D eigenvalue weighted by atomic mass is 10.1. The summed E-state index contributed by atoms with van der Waals surface area (Å²) in [5.74, 6) is 0. The summed E-state index contributed by atoms with van der Waals surface area (Å²) in [7, 11) is 0. The first-order chi connectivity index (χ1) is 13.2. The van der Waals surface area contributed by atoms with Crippen molar-refractivity contribution >= 4 is 28.8 Å². The molecule has 27 heavy (non-hydrogen) atoms. The van der Waals surface area contributed by atoms with E-state index in [2.05, 4.69) is 42.5 Å². The van der Waals surface area contributed by atoms with E-state index in [1.807, 2.05) is 48.6 Å². The molecule has 2 heterocycles. The smallest absolute Gasteiger partial charge is 0.343 e. The molecule has 0 bridgehead atoms. The predicted octanol–water partition coefficient (Wildman–Crippen LogP) is 4.51. The fraction of sp³-hybridized carbons (Fsp3) is 0.304. The van der Waals surface area contributed by atoms with Gasteiger partial charge in [0.25, 0.3) is 0 Å². The molecule has 0 atom stereocenters. The normalized spacial score (nSPS) is 11.4. The van der Waals surface area contributed by atoms with Crippen molar-refractivity contribution in [3.05, 3.63) is 70.3 Å². The number of fused-ring (bicyclic) bond motifs is 1. The van der Waals surface area contributed by atoms with E-state index in [1.165, 1.54) is 0 Å². The molecule has 0 radical (unpaired) electrons. The molecule has 3 rings (SSSR count). The standard InChI is InChI=1S/C23H27N2O2/c1-4-14-25-15-8-7-9-20(25)12-11-19-16-18-10-13-21(24(5-2)6-3)17-22(18)27-23(19)26/h7-13,15-17H,4-6,14H2,1-3H3/q+1. The summed E-state index contributed by atoms with van der Waals surface area (Å²) >= 11 is 0. The van der Waals surface area contributed by atoms with Crippen molar-refractivity contribution in [3.63, 3.8) is 0 Å². The van der Waals surface area contributed by atoms with E-state index in [0.29, 0.717) is 11.1 Å². The maximum absolute atomic E-state index is 12.4. The molecule has 0 aliphatic carbocycles. The molecule has 0 unspecified atom stereocenters. The first kappa shape index (κ1) is 18.9. The lowest BCUT2D eigenvalue weighted by Crippen LogP contribution is -2.36. The Morgan fingerprint density at radius 2 is 1.85 bits per heavy atom. The van der Waals surface area contributed by atoms with Gasteiger partial charge in [0.05, 0.1) is 5.56 Å². The highest BCUT2D eigenvalue weighted by Gasteiger charge is 2.09. The van der Waals surface area contributed by atoms with E-state index in [-0.39, 0.29) is 5.63 Å². The SMILES string of the molecule is CCC[n+]1ccccc1/C=C/c1cc2ccc(N(CC)CC)cc2oc1=O. The van der Waals surface area contributed by atoms with Crippen molar-refractivity contribution < 1.29 is 8.98 Å². The van der Waals surface area contributed by atoms with E-state index >= 15 is 0 Å². The molecule has 0 saturated heterocycles. The molecule has 0 aliphatic heterocycles. The highest BCUT2D eigenvalue weighted by atomic mass is 16.4. The molecule has 2 aromatic heterocycles. The van der Waals surface area contributed by atoms with Gasteiger partial charge in [-0.15, -0.1) is 0 Å². The molecule has 0 N–H and O–H groups in total. The van der Waals surface area contributed by atoms with Crippen molar-refractivity contribution in [2.75, 3.05) is 18.0 Å². The Hall–Kier alpha value is -2.88. The third-order valence-electron chi connectivity index (χ3n) is 4.75. The van der Waals surface area contributed by atoms with Crippen LogP contribution in [0.1, 0.15) is 38.4 Å². The number of aryl methyl sites for hydroxylation is 1. The Morgan fingerprint density at radius 1 is 1.04 bits per heavy atom. The van der Waals surface area contributed by atoms with Gasteiger partial charge in [0.2, 0.25) is 5.69 Å². The van der Waals surface area contributed by atoms with Crippen molar-refractivity contribution in [2.45, 2.75) is 33.7 Å². The van der Waals surface area contributed by atoms with Crippen LogP contribution in [-0.4, -0.2) is 13.1 Å². The van der Waals surface area contributed by atoms with Gasteiger partial charge in [-0.25, -0.2) is 4.79 Å². The van der Waals surface area contributed by atoms with Crippen molar-refractivity contribution in [1.82, 2.24) is 0 Å². The third kappa shape index (κ3) is 4.27. The quantitative estimate of drug-likeness (QED) is 0.458. The second-order valence-corrected chi connectivity index (χ2v) is 6.54. The highest BCUT2D eigenvalue weighted by molar-refractivity contribution is 5.83. The Kier molecular flexibility index (Phi) is 6.07. The molecule has 4 nitrogen and oxygen atoms in total. The van der Waals surface area contributed by atoms with Crippen molar-refractivity contribution in [3.8, 4) is 0 Å². The zero-order valence-corrected chi connectivity index (χ0v) is 16.3. The minimum atomic E-state index is -0.312. The predicted molar refractivity (Wildman–Crippen MR) is 112 cm³/mol. The zero-order chi connectivity index (χ0) is 19.2. The van der Waals surface area contributed by atoms with Crippen LogP contribution in [0.2, 0.25) is 0 Å². The van der Waals surface area contributed by atoms with Crippen LogP contribution >= 0.6 is 0 Å². The summed E-state index contributed by atoms with van der Waals surface area (Å²) in [6.07, 6.45) is 6.92. The van der Waals surface area contributed by atoms with Crippen molar-refractivity contribution in [1.29, 1.82) is 0 Å². The van der Waals surface area contributed by atoms with Crippen LogP contribution in [0.25, 0.3) is 23.1 Å². The Morgan fingerprint density at radius 3 is 2.59 bits per heavy atom. The van der Waals surface area contributed by atoms with Crippen LogP contribution < -0.4 is 15.1 Å². The van der Waals surface area contributed by atoms with Gasteiger partial charge in [-0.1, -0.05) is 6.92 Å². The fourth-order valence-corrected chi connectivity index (χ4v) is 3.28. The molecular formula is C23H27N2O2+. The zero-order valence-electron chi connectivity index (χ0n) is 16.3. The Bertz CT molecular complexity index is 1000. The van der Waals surface area contributed by atoms with Gasteiger partial charge >= 0.3 is 5.63 Å². The molecule has 4 heteroatoms. The lowest BCUT2D eigenvalue weighted by Gasteiger charge is -2.20. The molecular weight excluding hydrogens is 336 g/mol. The highest BCUT2D eigenvalue weighted by Crippen LogP contribution is 2.22. The van der Waals surface area contributed by atoms with Crippen LogP contribution in [0, 0.1) is 0 Å². The average molecular weight is 363 g/mol. The van der Waals surface area contributed by atoms with Crippen molar-refractivity contribution in [2.24, 2.45) is 0 Å². The number of hydrogen-bond acceptors (Lipinski definition) is 3. The minimum absolute atomic E-state index is 0.312. The van der Waals surface area contributed by atoms with Crippen LogP contribution in [0.5, 0.6) is 0 Å². The van der Waals surface area contributed by atoms with Gasteiger partial charge in [-0.05, 0) is 44.2 Å². The first-order valence-corrected chi connectivity index (χ1v) is 9.65. The van der Waals surface area contributed by atoms with Gasteiger partial charge in [0.1, 0.15) is 12.1 Å². The van der Waals surface area contributed by atoms with Crippen LogP contribution in [0.4, 0.5) is 5.69 Å². The topological polar surface area (TPSA) is 37.3 Å². The number of aromatic nitrogens is 1. The molecule has 1 aromatic carbocycles. The number of anilines is 1. The molecule has 0 aliphatic rings. The fourth-order valence-electron chi connectivity index (χ4n) is 3.28. The van der Waals surface area contributed by atoms with Gasteiger partial charge in [0.15, 0.2) is 6.20 Å². The lowest BCUT2D eigenvalue weighted by molar-refractivity contribution is -0.698. The van der Waals surface area contributed by atoms with Crippen LogP contribution in [0.15, 0.2) is 57.9 Å². The first-order valence-electron chi connectivity index (χ1n) is 9.65. The van der Waals surface area contributed by atoms with E-state index < -0.39 is 0 Å². The summed E-state index contributed by atoms with van der Waals surface area (Å²) in [5, 5.41) is 0.930. The van der Waals surface area contributed by atoms with Gasteiger partial charge < -0.3 is 9.32 Å². The molecule has 140 valence electrons. The molecule has 0 amide bonds. The summed E-state index contributed by atoms with van der Waals surface area (Å²) in [4.78, 5) is 14.7. The summed E-state index contributed by atoms with van der Waals surface area (Å²) in [5.41, 5.74) is 3.01. The minimum Gasteiger partial charge on any atom is -0.422 e.